The molecular weight excluding hydrogens is 480 g/mol. The highest BCUT2D eigenvalue weighted by Crippen LogP contribution is 2.45. The maximum Gasteiger partial charge on any atom is 0.295 e. The third-order valence-corrected chi connectivity index (χ3v) is 6.65. The summed E-state index contributed by atoms with van der Waals surface area (Å²) < 4.78 is 27.2. The van der Waals surface area contributed by atoms with Gasteiger partial charge in [0.05, 0.1) is 53.3 Å². The van der Waals surface area contributed by atoms with Crippen molar-refractivity contribution in [3.05, 3.63) is 53.1 Å². The smallest absolute Gasteiger partial charge is 0.295 e. The molecule has 0 unspecified atom stereocenters. The average Bonchev–Trinajstić information content (AvgIpc) is 3.20. The van der Waals surface area contributed by atoms with E-state index in [1.54, 1.807) is 36.4 Å². The van der Waals surface area contributed by atoms with E-state index < -0.39 is 17.7 Å². The van der Waals surface area contributed by atoms with Crippen LogP contribution in [0.5, 0.6) is 23.0 Å². The van der Waals surface area contributed by atoms with Gasteiger partial charge in [0.15, 0.2) is 11.5 Å². The number of aliphatic hydroxyl groups is 1. The van der Waals surface area contributed by atoms with Gasteiger partial charge in [0.1, 0.15) is 11.5 Å². The molecule has 10 nitrogen and oxygen atoms in total. The molecule has 0 aromatic heterocycles. The molecule has 2 aliphatic rings. The first kappa shape index (κ1) is 26.3. The second kappa shape index (κ2) is 11.5. The number of carbonyl (C=O) groups is 2. The summed E-state index contributed by atoms with van der Waals surface area (Å²) in [6.07, 6.45) is 0. The molecule has 2 aromatic rings. The van der Waals surface area contributed by atoms with Crippen LogP contribution in [-0.4, -0.2) is 94.4 Å². The van der Waals surface area contributed by atoms with Gasteiger partial charge in [-0.05, 0) is 29.8 Å². The summed E-state index contributed by atoms with van der Waals surface area (Å²) in [6, 6.07) is 9.22. The molecule has 10 heteroatoms. The molecule has 2 aliphatic heterocycles. The lowest BCUT2D eigenvalue weighted by molar-refractivity contribution is -0.140. The minimum absolute atomic E-state index is 0.0190. The summed E-state index contributed by atoms with van der Waals surface area (Å²) in [4.78, 5) is 30.4. The fraction of sp³-hybridized carbons (Fsp3) is 0.407. The highest BCUT2D eigenvalue weighted by Gasteiger charge is 2.46. The Hall–Kier alpha value is -3.76. The zero-order valence-corrected chi connectivity index (χ0v) is 21.5. The Kier molecular flexibility index (Phi) is 8.20. The Morgan fingerprint density at radius 3 is 2.22 bits per heavy atom. The van der Waals surface area contributed by atoms with Crippen molar-refractivity contribution < 1.29 is 38.4 Å². The number of rotatable bonds is 9. The van der Waals surface area contributed by atoms with Crippen molar-refractivity contribution >= 4 is 17.4 Å². The maximum atomic E-state index is 13.4. The molecule has 0 saturated carbocycles. The third kappa shape index (κ3) is 5.21. The van der Waals surface area contributed by atoms with Gasteiger partial charge in [0.25, 0.3) is 11.7 Å². The highest BCUT2D eigenvalue weighted by molar-refractivity contribution is 6.46. The number of likely N-dealkylation sites (tertiary alicyclic amines) is 1. The molecule has 1 N–H and O–H groups in total. The zero-order chi connectivity index (χ0) is 26.5. The van der Waals surface area contributed by atoms with E-state index in [-0.39, 0.29) is 17.9 Å². The predicted octanol–water partition coefficient (Wildman–Crippen LogP) is 2.47. The largest absolute Gasteiger partial charge is 0.507 e. The van der Waals surface area contributed by atoms with E-state index in [9.17, 15) is 14.7 Å². The number of ether oxygens (including phenoxy) is 5. The van der Waals surface area contributed by atoms with E-state index in [2.05, 4.69) is 4.90 Å². The van der Waals surface area contributed by atoms with E-state index >= 15 is 0 Å². The van der Waals surface area contributed by atoms with Gasteiger partial charge in [0.2, 0.25) is 5.75 Å². The summed E-state index contributed by atoms with van der Waals surface area (Å²) in [5, 5.41) is 11.4. The molecule has 37 heavy (non-hydrogen) atoms. The quantitative estimate of drug-likeness (QED) is 0.308. The number of hydrogen-bond acceptors (Lipinski definition) is 9. The number of carbonyl (C=O) groups excluding carboxylic acids is 2. The van der Waals surface area contributed by atoms with Crippen LogP contribution in [0.25, 0.3) is 5.76 Å². The lowest BCUT2D eigenvalue weighted by Gasteiger charge is -2.31. The van der Waals surface area contributed by atoms with Crippen LogP contribution >= 0.6 is 0 Å². The monoisotopic (exact) mass is 512 g/mol. The van der Waals surface area contributed by atoms with Crippen LogP contribution in [0.15, 0.2) is 42.0 Å². The van der Waals surface area contributed by atoms with Gasteiger partial charge >= 0.3 is 0 Å². The minimum Gasteiger partial charge on any atom is -0.507 e. The summed E-state index contributed by atoms with van der Waals surface area (Å²) in [5.74, 6) is -0.0990. The van der Waals surface area contributed by atoms with Gasteiger partial charge in [-0.1, -0.05) is 12.1 Å². The van der Waals surface area contributed by atoms with Gasteiger partial charge < -0.3 is 33.7 Å². The van der Waals surface area contributed by atoms with Crippen LogP contribution in [-0.2, 0) is 14.3 Å². The van der Waals surface area contributed by atoms with Crippen molar-refractivity contribution in [2.75, 3.05) is 67.8 Å². The van der Waals surface area contributed by atoms with E-state index in [1.165, 1.54) is 33.3 Å². The average molecular weight is 513 g/mol. The van der Waals surface area contributed by atoms with Crippen LogP contribution in [0.2, 0.25) is 0 Å². The van der Waals surface area contributed by atoms with E-state index in [4.69, 9.17) is 23.7 Å². The molecule has 0 radical (unpaired) electrons. The number of morpholine rings is 1. The molecule has 198 valence electrons. The topological polar surface area (TPSA) is 107 Å². The van der Waals surface area contributed by atoms with Crippen molar-refractivity contribution in [1.29, 1.82) is 0 Å². The Morgan fingerprint density at radius 1 is 0.946 bits per heavy atom. The van der Waals surface area contributed by atoms with E-state index in [1.807, 2.05) is 0 Å². The molecule has 2 saturated heterocycles. The molecule has 1 amide bonds. The van der Waals surface area contributed by atoms with Gasteiger partial charge in [-0.15, -0.1) is 0 Å². The van der Waals surface area contributed by atoms with Crippen LogP contribution in [0.1, 0.15) is 17.2 Å². The fourth-order valence-electron chi connectivity index (χ4n) is 4.72. The molecule has 0 bridgehead atoms. The van der Waals surface area contributed by atoms with Crippen LogP contribution in [0.3, 0.4) is 0 Å². The van der Waals surface area contributed by atoms with Gasteiger partial charge in [-0.2, -0.15) is 0 Å². The lowest BCUT2D eigenvalue weighted by atomic mass is 9.94. The number of hydrogen-bond donors (Lipinski definition) is 1. The van der Waals surface area contributed by atoms with Crippen molar-refractivity contribution in [3.63, 3.8) is 0 Å². The predicted molar refractivity (Wildman–Crippen MR) is 135 cm³/mol. The second-order valence-electron chi connectivity index (χ2n) is 8.64. The van der Waals surface area contributed by atoms with Crippen molar-refractivity contribution in [2.24, 2.45) is 0 Å². The van der Waals surface area contributed by atoms with E-state index in [0.717, 1.165) is 13.1 Å². The first-order chi connectivity index (χ1) is 17.9. The number of benzene rings is 2. The molecule has 0 spiro atoms. The van der Waals surface area contributed by atoms with Crippen LogP contribution in [0, 0.1) is 0 Å². The number of Topliss-reactive ketones (excluding diaryl/α,β-unsaturated/α-hetero) is 1. The number of nitrogens with zero attached hydrogens (tertiary/aromatic N) is 2. The summed E-state index contributed by atoms with van der Waals surface area (Å²) >= 11 is 0. The minimum atomic E-state index is -0.874. The van der Waals surface area contributed by atoms with Crippen molar-refractivity contribution in [1.82, 2.24) is 9.80 Å². The maximum absolute atomic E-state index is 13.4. The number of amides is 1. The number of ketones is 1. The van der Waals surface area contributed by atoms with Crippen LogP contribution in [0.4, 0.5) is 0 Å². The Balaban J connectivity index is 1.84. The van der Waals surface area contributed by atoms with Gasteiger partial charge in [-0.25, -0.2) is 0 Å². The Morgan fingerprint density at radius 2 is 1.62 bits per heavy atom. The second-order valence-corrected chi connectivity index (χ2v) is 8.64. The zero-order valence-electron chi connectivity index (χ0n) is 21.5. The number of methoxy groups -OCH3 is 4. The standard InChI is InChI=1S/C27H32N2O8/c1-33-19-7-5-6-17(14-19)24(30)22-23(18-15-20(34-2)26(36-4)21(16-18)35-3)29(27(32)25(22)31)9-8-28-10-12-37-13-11-28/h5-7,14-16,23,30H,8-13H2,1-4H3/t23-/m1/s1. The summed E-state index contributed by atoms with van der Waals surface area (Å²) in [5.41, 5.74) is 0.887. The first-order valence-electron chi connectivity index (χ1n) is 12.0. The van der Waals surface area contributed by atoms with Gasteiger partial charge in [-0.3, -0.25) is 14.5 Å². The number of aliphatic hydroxyl groups excluding tert-OH is 1. The summed E-state index contributed by atoms with van der Waals surface area (Å²) in [7, 11) is 6.00. The molecule has 2 fully saturated rings. The fourth-order valence-corrected chi connectivity index (χ4v) is 4.72. The summed E-state index contributed by atoms with van der Waals surface area (Å²) in [6.45, 7) is 3.54. The van der Waals surface area contributed by atoms with Crippen molar-refractivity contribution in [3.8, 4) is 23.0 Å². The molecular formula is C27H32N2O8. The molecule has 4 rings (SSSR count). The molecule has 2 heterocycles. The Bertz CT molecular complexity index is 1160. The SMILES string of the molecule is COc1cccc(C(O)=C2C(=O)C(=O)N(CCN3CCOCC3)[C@@H]2c2cc(OC)c(OC)c(OC)c2)c1. The molecule has 0 aliphatic carbocycles. The van der Waals surface area contributed by atoms with E-state index in [0.29, 0.717) is 53.9 Å². The lowest BCUT2D eigenvalue weighted by Crippen LogP contribution is -2.42. The first-order valence-corrected chi connectivity index (χ1v) is 12.0. The Labute approximate surface area is 215 Å². The van der Waals surface area contributed by atoms with Gasteiger partial charge in [0, 0.05) is 31.7 Å². The normalized spacial score (nSPS) is 19.7. The van der Waals surface area contributed by atoms with Crippen LogP contribution < -0.4 is 18.9 Å². The molecule has 1 atom stereocenters. The third-order valence-electron chi connectivity index (χ3n) is 6.65. The molecule has 2 aromatic carbocycles. The highest BCUT2D eigenvalue weighted by atomic mass is 16.5. The van der Waals surface area contributed by atoms with Crippen molar-refractivity contribution in [2.45, 2.75) is 6.04 Å².